The molecule has 4 rings (SSSR count). The average Bonchev–Trinajstić information content (AvgIpc) is 3.24. The first-order valence-corrected chi connectivity index (χ1v) is 9.16. The molecule has 1 aliphatic rings. The van der Waals surface area contributed by atoms with Gasteiger partial charge in [0.25, 0.3) is 0 Å². The van der Waals surface area contributed by atoms with Crippen LogP contribution in [0.5, 0.6) is 0 Å². The molecule has 1 aromatic carbocycles. The Morgan fingerprint density at radius 2 is 2.19 bits per heavy atom. The van der Waals surface area contributed by atoms with Gasteiger partial charge < -0.3 is 9.30 Å². The number of rotatable bonds is 6. The predicted octanol–water partition coefficient (Wildman–Crippen LogP) is 3.89. The summed E-state index contributed by atoms with van der Waals surface area (Å²) in [5.74, 6) is -0.194. The zero-order chi connectivity index (χ0) is 17.9. The van der Waals surface area contributed by atoms with E-state index in [2.05, 4.69) is 20.6 Å². The van der Waals surface area contributed by atoms with Gasteiger partial charge in [0.05, 0.1) is 11.8 Å². The topological polar surface area (TPSA) is 30.3 Å². The van der Waals surface area contributed by atoms with E-state index in [9.17, 15) is 4.39 Å². The van der Waals surface area contributed by atoms with Crippen molar-refractivity contribution in [1.82, 2.24) is 14.5 Å². The summed E-state index contributed by atoms with van der Waals surface area (Å²) in [5, 5.41) is 0.978. The highest BCUT2D eigenvalue weighted by Crippen LogP contribution is 2.24. The molecule has 1 atom stereocenters. The number of hydrogen-bond acceptors (Lipinski definition) is 3. The fourth-order valence-corrected chi connectivity index (χ4v) is 3.79. The molecule has 4 nitrogen and oxygen atoms in total. The molecule has 0 spiro atoms. The van der Waals surface area contributed by atoms with Crippen molar-refractivity contribution >= 4 is 10.9 Å². The summed E-state index contributed by atoms with van der Waals surface area (Å²) >= 11 is 0. The number of nitrogens with zero attached hydrogens (tertiary/aromatic N) is 3. The lowest BCUT2D eigenvalue weighted by Crippen LogP contribution is -2.31. The third-order valence-electron chi connectivity index (χ3n) is 5.03. The lowest BCUT2D eigenvalue weighted by molar-refractivity contribution is 0.0676. The van der Waals surface area contributed by atoms with E-state index in [-0.39, 0.29) is 11.9 Å². The maximum Gasteiger partial charge on any atom is 0.123 e. The quantitative estimate of drug-likeness (QED) is 0.673. The predicted molar refractivity (Wildman–Crippen MR) is 100 cm³/mol. The van der Waals surface area contributed by atoms with Gasteiger partial charge in [-0.2, -0.15) is 0 Å². The maximum absolute atomic E-state index is 13.8. The minimum absolute atomic E-state index is 0.194. The molecule has 0 saturated carbocycles. The highest BCUT2D eigenvalue weighted by atomic mass is 19.1. The van der Waals surface area contributed by atoms with Crippen molar-refractivity contribution in [3.63, 3.8) is 0 Å². The molecule has 2 aromatic heterocycles. The highest BCUT2D eigenvalue weighted by molar-refractivity contribution is 5.84. The Hall–Kier alpha value is -2.24. The molecule has 0 bridgehead atoms. The fraction of sp³-hybridized carbons (Fsp3) is 0.381. The summed E-state index contributed by atoms with van der Waals surface area (Å²) in [5.41, 5.74) is 3.23. The summed E-state index contributed by atoms with van der Waals surface area (Å²) in [7, 11) is 2.01. The summed E-state index contributed by atoms with van der Waals surface area (Å²) in [6.45, 7) is 3.22. The van der Waals surface area contributed by atoms with E-state index in [0.29, 0.717) is 0 Å². The number of pyridine rings is 1. The van der Waals surface area contributed by atoms with Gasteiger partial charge in [0.1, 0.15) is 5.82 Å². The number of ether oxygens (including phenoxy) is 1. The Kier molecular flexibility index (Phi) is 5.00. The highest BCUT2D eigenvalue weighted by Gasteiger charge is 2.21. The van der Waals surface area contributed by atoms with E-state index in [1.165, 1.54) is 6.07 Å². The van der Waals surface area contributed by atoms with E-state index in [1.807, 2.05) is 37.5 Å². The maximum atomic E-state index is 13.8. The van der Waals surface area contributed by atoms with E-state index in [0.717, 1.165) is 61.2 Å². The normalized spacial score (nSPS) is 17.4. The molecular formula is C21H24FN3O. The van der Waals surface area contributed by atoms with Crippen molar-refractivity contribution in [1.29, 1.82) is 0 Å². The van der Waals surface area contributed by atoms with Crippen LogP contribution in [0.25, 0.3) is 10.9 Å². The average molecular weight is 353 g/mol. The van der Waals surface area contributed by atoms with Gasteiger partial charge in [-0.15, -0.1) is 0 Å². The monoisotopic (exact) mass is 353 g/mol. The Labute approximate surface area is 153 Å². The molecule has 0 N–H and O–H groups in total. The van der Waals surface area contributed by atoms with Crippen molar-refractivity contribution in [2.75, 3.05) is 13.2 Å². The molecule has 3 aromatic rings. The Balaban J connectivity index is 1.60. The third-order valence-corrected chi connectivity index (χ3v) is 5.03. The molecule has 0 radical (unpaired) electrons. The molecule has 1 fully saturated rings. The van der Waals surface area contributed by atoms with E-state index in [4.69, 9.17) is 4.74 Å². The smallest absolute Gasteiger partial charge is 0.123 e. The van der Waals surface area contributed by atoms with Crippen LogP contribution in [0.4, 0.5) is 4.39 Å². The van der Waals surface area contributed by atoms with Crippen LogP contribution < -0.4 is 0 Å². The number of aryl methyl sites for hydroxylation is 1. The second-order valence-electron chi connectivity index (χ2n) is 7.05. The van der Waals surface area contributed by atoms with Crippen LogP contribution in [0.2, 0.25) is 0 Å². The van der Waals surface area contributed by atoms with Gasteiger partial charge in [-0.1, -0.05) is 6.07 Å². The third kappa shape index (κ3) is 3.79. The summed E-state index contributed by atoms with van der Waals surface area (Å²) < 4.78 is 21.7. The van der Waals surface area contributed by atoms with Crippen molar-refractivity contribution in [3.05, 3.63) is 65.9 Å². The van der Waals surface area contributed by atoms with Gasteiger partial charge in [0.15, 0.2) is 0 Å². The van der Waals surface area contributed by atoms with Gasteiger partial charge >= 0.3 is 0 Å². The molecule has 136 valence electrons. The largest absolute Gasteiger partial charge is 0.377 e. The second-order valence-corrected chi connectivity index (χ2v) is 7.05. The molecule has 3 heterocycles. The van der Waals surface area contributed by atoms with E-state index >= 15 is 0 Å². The Morgan fingerprint density at radius 3 is 2.96 bits per heavy atom. The molecular weight excluding hydrogens is 329 g/mol. The fourth-order valence-electron chi connectivity index (χ4n) is 3.79. The zero-order valence-corrected chi connectivity index (χ0v) is 15.1. The van der Waals surface area contributed by atoms with Gasteiger partial charge in [0, 0.05) is 56.6 Å². The minimum Gasteiger partial charge on any atom is -0.377 e. The summed E-state index contributed by atoms with van der Waals surface area (Å²) in [6, 6.07) is 11.0. The lowest BCUT2D eigenvalue weighted by Gasteiger charge is -2.24. The Bertz CT molecular complexity index is 872. The Morgan fingerprint density at radius 1 is 1.27 bits per heavy atom. The van der Waals surface area contributed by atoms with E-state index in [1.54, 1.807) is 6.07 Å². The van der Waals surface area contributed by atoms with Crippen LogP contribution in [0, 0.1) is 5.82 Å². The van der Waals surface area contributed by atoms with Crippen molar-refractivity contribution in [2.24, 2.45) is 7.05 Å². The molecule has 26 heavy (non-hydrogen) atoms. The van der Waals surface area contributed by atoms with Gasteiger partial charge in [-0.3, -0.25) is 9.88 Å². The van der Waals surface area contributed by atoms with Crippen molar-refractivity contribution in [2.45, 2.75) is 32.0 Å². The number of fused-ring (bicyclic) bond motifs is 1. The SMILES string of the molecule is Cn1cc(CN(Cc2ccccn2)CC2CCCO2)c2cc(F)ccc21. The van der Waals surface area contributed by atoms with Crippen LogP contribution in [-0.4, -0.2) is 33.7 Å². The first-order valence-electron chi connectivity index (χ1n) is 9.16. The number of hydrogen-bond donors (Lipinski definition) is 0. The van der Waals surface area contributed by atoms with Gasteiger partial charge in [-0.05, 0) is 48.7 Å². The summed E-state index contributed by atoms with van der Waals surface area (Å²) in [4.78, 5) is 6.83. The van der Waals surface area contributed by atoms with E-state index < -0.39 is 0 Å². The number of benzene rings is 1. The number of halogens is 1. The number of aromatic nitrogens is 2. The second kappa shape index (κ2) is 7.56. The van der Waals surface area contributed by atoms with Crippen molar-refractivity contribution in [3.8, 4) is 0 Å². The van der Waals surface area contributed by atoms with Crippen LogP contribution in [0.3, 0.4) is 0 Å². The zero-order valence-electron chi connectivity index (χ0n) is 15.1. The first kappa shape index (κ1) is 17.2. The van der Waals surface area contributed by atoms with Crippen LogP contribution in [0.15, 0.2) is 48.8 Å². The molecule has 1 unspecified atom stereocenters. The van der Waals surface area contributed by atoms with Crippen LogP contribution in [-0.2, 0) is 24.9 Å². The molecule has 5 heteroatoms. The summed E-state index contributed by atoms with van der Waals surface area (Å²) in [6.07, 6.45) is 6.42. The minimum atomic E-state index is -0.194. The van der Waals surface area contributed by atoms with Gasteiger partial charge in [-0.25, -0.2) is 4.39 Å². The molecule has 1 saturated heterocycles. The standard InChI is InChI=1S/C21H24FN3O/c1-24-12-16(20-11-17(22)7-8-21(20)24)13-25(15-19-6-4-10-26-19)14-18-5-2-3-9-23-18/h2-3,5,7-9,11-12,19H,4,6,10,13-15H2,1H3. The molecule has 1 aliphatic heterocycles. The molecule has 0 aliphatic carbocycles. The molecule has 0 amide bonds. The lowest BCUT2D eigenvalue weighted by atomic mass is 10.1. The first-order chi connectivity index (χ1) is 12.7. The van der Waals surface area contributed by atoms with Crippen LogP contribution in [0.1, 0.15) is 24.1 Å². The van der Waals surface area contributed by atoms with Gasteiger partial charge in [0.2, 0.25) is 0 Å². The van der Waals surface area contributed by atoms with Crippen molar-refractivity contribution < 1.29 is 9.13 Å². The van der Waals surface area contributed by atoms with Crippen LogP contribution >= 0.6 is 0 Å².